The van der Waals surface area contributed by atoms with Crippen molar-refractivity contribution in [1.29, 1.82) is 0 Å². The summed E-state index contributed by atoms with van der Waals surface area (Å²) in [5.41, 5.74) is 5.91. The van der Waals surface area contributed by atoms with Gasteiger partial charge in [-0.05, 0) is 78.1 Å². The highest BCUT2D eigenvalue weighted by molar-refractivity contribution is 5.75. The third-order valence-corrected chi connectivity index (χ3v) is 21.1. The van der Waals surface area contributed by atoms with Crippen molar-refractivity contribution in [3.63, 3.8) is 0 Å². The van der Waals surface area contributed by atoms with Crippen molar-refractivity contribution in [2.24, 2.45) is 5.41 Å². The van der Waals surface area contributed by atoms with Gasteiger partial charge in [0.25, 0.3) is 0 Å². The van der Waals surface area contributed by atoms with Gasteiger partial charge in [0.1, 0.15) is 79.9 Å². The summed E-state index contributed by atoms with van der Waals surface area (Å²) in [5.74, 6) is -2.06. The molecular weight excluding hydrogens is 1550 g/mol. The zero-order chi connectivity index (χ0) is 84.4. The second-order valence-electron chi connectivity index (χ2n) is 31.6. The molecule has 0 saturated carbocycles. The van der Waals surface area contributed by atoms with Crippen molar-refractivity contribution in [3.8, 4) is 0 Å². The molecule has 0 bridgehead atoms. The Hall–Kier alpha value is -9.00. The van der Waals surface area contributed by atoms with Crippen LogP contribution < -0.4 is 0 Å². The molecule has 0 aromatic heterocycles. The molecule has 4 saturated heterocycles. The zero-order valence-corrected chi connectivity index (χ0v) is 69.9. The van der Waals surface area contributed by atoms with Crippen LogP contribution in [-0.4, -0.2) is 175 Å². The van der Waals surface area contributed by atoms with Gasteiger partial charge in [-0.2, -0.15) is 0 Å². The van der Waals surface area contributed by atoms with E-state index in [2.05, 4.69) is 0 Å². The standard InChI is InChI=1S/C97H116O24/c1-67(98)114-89-85(109-60-74-47-29-16-30-48-74)79(119-94(89)120-88-84(108-59-73-45-27-15-28-46-73)80(66-113-96(101)97(3,4)5)117-92(88)105-54-36-10-8-7-9-35-53-81(100)102-6)65-112-93-90(86(110-61-75-49-31-17-32-50-75)82(106-57-71-41-23-13-24-42-71)77(116-93)63-103-55-69-37-19-11-20-38-69)121-95-91(115-68(2)99)87(111-62-76-51-33-18-34-52-76)83(107-58-72-43-25-14-26-44-72)78(118-95)64-104-56-70-39-21-12-22-40-70/h11-34,37-52,77-80,82-95H,7-10,35-36,53-66H2,1-6H3/t77-,78-,79-,80-,82-,83-,84-,85-,86+,87+,88+,89+,90+,91+,92+,93-,94+,95-/m1/s1. The Balaban J connectivity index is 0.940. The van der Waals surface area contributed by atoms with Crippen LogP contribution in [0.5, 0.6) is 0 Å². The lowest BCUT2D eigenvalue weighted by molar-refractivity contribution is -0.381. The highest BCUT2D eigenvalue weighted by Gasteiger charge is 2.58. The first-order chi connectivity index (χ1) is 59.1. The summed E-state index contributed by atoms with van der Waals surface area (Å²) in [6.07, 6.45) is -16.4. The number of rotatable bonds is 47. The van der Waals surface area contributed by atoms with Crippen molar-refractivity contribution in [2.75, 3.05) is 40.1 Å². The summed E-state index contributed by atoms with van der Waals surface area (Å²) in [6.45, 7) is 8.08. The van der Waals surface area contributed by atoms with Gasteiger partial charge in [-0.15, -0.1) is 0 Å². The molecule has 12 rings (SSSR count). The van der Waals surface area contributed by atoms with Crippen molar-refractivity contribution in [2.45, 2.75) is 243 Å². The van der Waals surface area contributed by atoms with Crippen molar-refractivity contribution in [3.05, 3.63) is 287 Å². The summed E-state index contributed by atoms with van der Waals surface area (Å²) in [5, 5.41) is 0. The Morgan fingerprint density at radius 2 is 0.579 bits per heavy atom. The number of carbonyl (C=O) groups excluding carboxylic acids is 4. The average Bonchev–Trinajstić information content (AvgIpc) is 1.63. The molecule has 0 N–H and O–H groups in total. The van der Waals surface area contributed by atoms with Crippen molar-refractivity contribution >= 4 is 23.9 Å². The summed E-state index contributed by atoms with van der Waals surface area (Å²) < 4.78 is 137. The quantitative estimate of drug-likeness (QED) is 0.0195. The number of benzene rings is 8. The SMILES string of the molecule is COC(=O)CCCCCCCCO[C@H]1O[C@H](COC(=O)C(C)(C)C)[C@@H](OCc2ccccc2)[C@@H]1O[C@@H]1O[C@H](CO[C@@H]2O[C@H](COCc3ccccc3)[C@@H](OCc3ccccc3)[C@H](OCc3ccccc3)[C@@H]2O[C@H]2O[C@H](COCc3ccccc3)[C@@H](OCc3ccccc3)[C@H](OCc3ccccc3)[C@@H]2OC(C)=O)[C@@H](OCc2ccccc2)[C@@H]1OC(C)=O. The van der Waals surface area contributed by atoms with E-state index in [1.165, 1.54) is 21.0 Å². The van der Waals surface area contributed by atoms with Gasteiger partial charge in [-0.25, -0.2) is 0 Å². The van der Waals surface area contributed by atoms with Crippen LogP contribution in [0.25, 0.3) is 0 Å². The molecule has 121 heavy (non-hydrogen) atoms. The van der Waals surface area contributed by atoms with E-state index in [1.54, 1.807) is 20.8 Å². The van der Waals surface area contributed by atoms with Gasteiger partial charge in [0.05, 0.1) is 85.2 Å². The fraction of sp³-hybridized carbons (Fsp3) is 0.464. The molecule has 24 heteroatoms. The number of carbonyl (C=O) groups is 4. The molecular formula is C97H116O24. The van der Waals surface area contributed by atoms with E-state index in [0.717, 1.165) is 76.6 Å². The van der Waals surface area contributed by atoms with Gasteiger partial charge in [-0.3, -0.25) is 19.2 Å². The lowest BCUT2D eigenvalue weighted by atomic mass is 9.96. The van der Waals surface area contributed by atoms with Gasteiger partial charge in [-0.1, -0.05) is 268 Å². The topological polar surface area (TPSA) is 253 Å². The van der Waals surface area contributed by atoms with Crippen LogP contribution in [-0.2, 0) is 167 Å². The molecule has 4 aliphatic heterocycles. The summed E-state index contributed by atoms with van der Waals surface area (Å²) in [7, 11) is 1.39. The minimum absolute atomic E-state index is 0.00210. The van der Waals surface area contributed by atoms with Gasteiger partial charge in [0, 0.05) is 26.9 Å². The Morgan fingerprint density at radius 3 is 0.942 bits per heavy atom. The van der Waals surface area contributed by atoms with E-state index in [0.29, 0.717) is 12.8 Å². The van der Waals surface area contributed by atoms with Gasteiger partial charge < -0.3 is 94.7 Å². The van der Waals surface area contributed by atoms with Crippen LogP contribution in [0, 0.1) is 5.41 Å². The smallest absolute Gasteiger partial charge is 0.311 e. The van der Waals surface area contributed by atoms with E-state index in [9.17, 15) is 19.2 Å². The predicted molar refractivity (Wildman–Crippen MR) is 444 cm³/mol. The maximum Gasteiger partial charge on any atom is 0.311 e. The molecule has 0 spiro atoms. The first kappa shape index (κ1) is 91.2. The second-order valence-corrected chi connectivity index (χ2v) is 31.6. The zero-order valence-electron chi connectivity index (χ0n) is 69.9. The van der Waals surface area contributed by atoms with Crippen LogP contribution in [0.15, 0.2) is 243 Å². The highest BCUT2D eigenvalue weighted by atomic mass is 16.8. The van der Waals surface area contributed by atoms with Gasteiger partial charge >= 0.3 is 23.9 Å². The van der Waals surface area contributed by atoms with Gasteiger partial charge in [0.2, 0.25) is 0 Å². The minimum atomic E-state index is -1.54. The molecule has 0 radical (unpaired) electrons. The number of unbranched alkanes of at least 4 members (excludes halogenated alkanes) is 5. The fourth-order valence-corrected chi connectivity index (χ4v) is 14.9. The molecule has 4 heterocycles. The highest BCUT2D eigenvalue weighted by Crippen LogP contribution is 2.41. The van der Waals surface area contributed by atoms with Crippen LogP contribution in [0.4, 0.5) is 0 Å². The largest absolute Gasteiger partial charge is 0.469 e. The number of ether oxygens (including phenoxy) is 20. The second kappa shape index (κ2) is 48.2. The van der Waals surface area contributed by atoms with Crippen LogP contribution >= 0.6 is 0 Å². The Morgan fingerprint density at radius 1 is 0.298 bits per heavy atom. The number of hydrogen-bond donors (Lipinski definition) is 0. The molecule has 4 fully saturated rings. The summed E-state index contributed by atoms with van der Waals surface area (Å²) in [6, 6.07) is 77.3. The lowest BCUT2D eigenvalue weighted by Crippen LogP contribution is -2.66. The third-order valence-electron chi connectivity index (χ3n) is 21.1. The lowest BCUT2D eigenvalue weighted by Gasteiger charge is -2.50. The molecule has 648 valence electrons. The normalized spacial score (nSPS) is 25.3. The van der Waals surface area contributed by atoms with Crippen LogP contribution in [0.2, 0.25) is 0 Å². The Kier molecular flexibility index (Phi) is 36.3. The monoisotopic (exact) mass is 1660 g/mol. The molecule has 18 atom stereocenters. The summed E-state index contributed by atoms with van der Waals surface area (Å²) >= 11 is 0. The molecule has 4 aliphatic rings. The molecule has 24 nitrogen and oxygen atoms in total. The van der Waals surface area contributed by atoms with Crippen molar-refractivity contribution < 1.29 is 114 Å². The Labute approximate surface area is 710 Å². The summed E-state index contributed by atoms with van der Waals surface area (Å²) in [4.78, 5) is 53.6. The maximum absolute atomic E-state index is 14.1. The fourth-order valence-electron chi connectivity index (χ4n) is 14.9. The van der Waals surface area contributed by atoms with E-state index in [-0.39, 0.29) is 85.3 Å². The molecule has 0 aliphatic carbocycles. The molecule has 8 aromatic rings. The van der Waals surface area contributed by atoms with E-state index >= 15 is 0 Å². The van der Waals surface area contributed by atoms with E-state index in [1.807, 2.05) is 243 Å². The average molecular weight is 1670 g/mol. The molecule has 8 aromatic carbocycles. The van der Waals surface area contributed by atoms with Crippen LogP contribution in [0.1, 0.15) is 124 Å². The first-order valence-corrected chi connectivity index (χ1v) is 42.0. The first-order valence-electron chi connectivity index (χ1n) is 42.0. The number of hydrogen-bond acceptors (Lipinski definition) is 24. The van der Waals surface area contributed by atoms with Crippen molar-refractivity contribution in [1.82, 2.24) is 0 Å². The maximum atomic E-state index is 14.1. The third kappa shape index (κ3) is 28.5. The minimum Gasteiger partial charge on any atom is -0.469 e. The number of esters is 4. The van der Waals surface area contributed by atoms with Gasteiger partial charge in [0.15, 0.2) is 37.4 Å². The molecule has 0 amide bonds. The van der Waals surface area contributed by atoms with Crippen LogP contribution in [0.3, 0.4) is 0 Å². The van der Waals surface area contributed by atoms with E-state index < -0.39 is 141 Å². The molecule has 0 unspecified atom stereocenters. The Bertz CT molecular complexity index is 4270. The van der Waals surface area contributed by atoms with E-state index in [4.69, 9.17) is 94.7 Å². The predicted octanol–water partition coefficient (Wildman–Crippen LogP) is 15.0. The number of methoxy groups -OCH3 is 1.